The van der Waals surface area contributed by atoms with Crippen LogP contribution in [0.4, 0.5) is 0 Å². The number of amides is 1. The van der Waals surface area contributed by atoms with E-state index in [2.05, 4.69) is 0 Å². The zero-order valence-electron chi connectivity index (χ0n) is 11.4. The summed E-state index contributed by atoms with van der Waals surface area (Å²) in [6.45, 7) is 2.27. The molecule has 0 bridgehead atoms. The van der Waals surface area contributed by atoms with Crippen LogP contribution in [0.3, 0.4) is 0 Å². The Hall–Kier alpha value is -1.06. The van der Waals surface area contributed by atoms with Gasteiger partial charge in [-0.1, -0.05) is 24.4 Å². The fourth-order valence-corrected chi connectivity index (χ4v) is 3.00. The third kappa shape index (κ3) is 3.28. The Balaban J connectivity index is 2.10. The maximum Gasteiger partial charge on any atom is 0.253 e. The smallest absolute Gasteiger partial charge is 0.253 e. The number of aryl methyl sites for hydroxylation is 1. The second kappa shape index (κ2) is 5.51. The first-order valence-corrected chi connectivity index (χ1v) is 7.03. The number of benzene rings is 1. The van der Waals surface area contributed by atoms with Gasteiger partial charge in [0.15, 0.2) is 0 Å². The van der Waals surface area contributed by atoms with Gasteiger partial charge in [-0.05, 0) is 43.5 Å². The van der Waals surface area contributed by atoms with Crippen molar-refractivity contribution in [1.29, 1.82) is 0 Å². The molecule has 0 aliphatic heterocycles. The molecule has 1 aromatic carbocycles. The Labute approximate surface area is 119 Å². The highest BCUT2D eigenvalue weighted by molar-refractivity contribution is 6.30. The van der Waals surface area contributed by atoms with Gasteiger partial charge < -0.3 is 10.0 Å². The first-order chi connectivity index (χ1) is 8.91. The van der Waals surface area contributed by atoms with E-state index in [1.54, 1.807) is 30.1 Å². The Morgan fingerprint density at radius 1 is 1.42 bits per heavy atom. The second-order valence-corrected chi connectivity index (χ2v) is 5.99. The number of likely N-dealkylation sites (N-methyl/N-ethyl adjacent to an activating group) is 1. The topological polar surface area (TPSA) is 40.5 Å². The minimum atomic E-state index is -0.704. The first-order valence-electron chi connectivity index (χ1n) is 6.65. The normalized spacial score (nSPS) is 17.5. The number of carbonyl (C=O) groups excluding carboxylic acids is 1. The van der Waals surface area contributed by atoms with Gasteiger partial charge in [0.2, 0.25) is 0 Å². The lowest BCUT2D eigenvalue weighted by Crippen LogP contribution is -2.42. The van der Waals surface area contributed by atoms with Gasteiger partial charge >= 0.3 is 0 Å². The molecule has 1 aromatic rings. The third-order valence-electron chi connectivity index (χ3n) is 3.83. The van der Waals surface area contributed by atoms with E-state index in [0.717, 1.165) is 31.2 Å². The molecular weight excluding hydrogens is 262 g/mol. The third-order valence-corrected chi connectivity index (χ3v) is 4.07. The van der Waals surface area contributed by atoms with Crippen molar-refractivity contribution in [2.45, 2.75) is 38.2 Å². The van der Waals surface area contributed by atoms with E-state index < -0.39 is 5.60 Å². The number of rotatable bonds is 3. The molecule has 0 heterocycles. The van der Waals surface area contributed by atoms with Gasteiger partial charge in [-0.3, -0.25) is 4.79 Å². The number of hydrogen-bond donors (Lipinski definition) is 1. The number of halogens is 1. The molecule has 0 saturated heterocycles. The minimum Gasteiger partial charge on any atom is -0.388 e. The summed E-state index contributed by atoms with van der Waals surface area (Å²) in [5.74, 6) is -0.0607. The highest BCUT2D eigenvalue weighted by Crippen LogP contribution is 2.30. The summed E-state index contributed by atoms with van der Waals surface area (Å²) in [5.41, 5.74) is 0.807. The van der Waals surface area contributed by atoms with Crippen molar-refractivity contribution in [2.75, 3.05) is 13.6 Å². The molecule has 0 spiro atoms. The summed E-state index contributed by atoms with van der Waals surface area (Å²) in [7, 11) is 1.74. The Morgan fingerprint density at radius 3 is 2.63 bits per heavy atom. The van der Waals surface area contributed by atoms with Crippen molar-refractivity contribution in [3.05, 3.63) is 34.3 Å². The molecule has 3 nitrogen and oxygen atoms in total. The van der Waals surface area contributed by atoms with Crippen molar-refractivity contribution >= 4 is 17.5 Å². The van der Waals surface area contributed by atoms with Gasteiger partial charge in [0.25, 0.3) is 5.91 Å². The van der Waals surface area contributed by atoms with Crippen LogP contribution in [0.1, 0.15) is 41.6 Å². The first kappa shape index (κ1) is 14.4. The van der Waals surface area contributed by atoms with Gasteiger partial charge in [0.05, 0.1) is 5.60 Å². The fraction of sp³-hybridized carbons (Fsp3) is 0.533. The highest BCUT2D eigenvalue weighted by atomic mass is 35.5. The second-order valence-electron chi connectivity index (χ2n) is 5.55. The SMILES string of the molecule is Cc1cc(Cl)ccc1C(=O)N(C)CC1(O)CCCC1. The molecule has 0 atom stereocenters. The van der Waals surface area contributed by atoms with Crippen LogP contribution in [0.15, 0.2) is 18.2 Å². The van der Waals surface area contributed by atoms with E-state index >= 15 is 0 Å². The Morgan fingerprint density at radius 2 is 2.05 bits per heavy atom. The molecular formula is C15H20ClNO2. The predicted molar refractivity (Wildman–Crippen MR) is 76.6 cm³/mol. The predicted octanol–water partition coefficient (Wildman–Crippen LogP) is 3.03. The molecule has 1 fully saturated rings. The maximum atomic E-state index is 12.4. The Kier molecular flexibility index (Phi) is 4.16. The van der Waals surface area contributed by atoms with Gasteiger partial charge in [-0.25, -0.2) is 0 Å². The van der Waals surface area contributed by atoms with Crippen LogP contribution in [0.2, 0.25) is 5.02 Å². The van der Waals surface area contributed by atoms with Crippen molar-refractivity contribution in [2.24, 2.45) is 0 Å². The monoisotopic (exact) mass is 281 g/mol. The zero-order chi connectivity index (χ0) is 14.0. The molecule has 4 heteroatoms. The van der Waals surface area contributed by atoms with E-state index in [0.29, 0.717) is 17.1 Å². The zero-order valence-corrected chi connectivity index (χ0v) is 12.2. The maximum absolute atomic E-state index is 12.4. The molecule has 1 amide bonds. The molecule has 1 N–H and O–H groups in total. The summed E-state index contributed by atoms with van der Waals surface area (Å²) in [6.07, 6.45) is 3.64. The number of hydrogen-bond acceptors (Lipinski definition) is 2. The quantitative estimate of drug-likeness (QED) is 0.925. The van der Waals surface area contributed by atoms with Gasteiger partial charge in [-0.2, -0.15) is 0 Å². The highest BCUT2D eigenvalue weighted by Gasteiger charge is 2.33. The lowest BCUT2D eigenvalue weighted by molar-refractivity contribution is 0.0156. The molecule has 1 saturated carbocycles. The summed E-state index contributed by atoms with van der Waals surface area (Å²) >= 11 is 5.90. The summed E-state index contributed by atoms with van der Waals surface area (Å²) in [6, 6.07) is 5.25. The molecule has 104 valence electrons. The fourth-order valence-electron chi connectivity index (χ4n) is 2.78. The summed E-state index contributed by atoms with van der Waals surface area (Å²) in [5, 5.41) is 11.0. The number of carbonyl (C=O) groups is 1. The molecule has 19 heavy (non-hydrogen) atoms. The van der Waals surface area contributed by atoms with Crippen LogP contribution < -0.4 is 0 Å². The van der Waals surface area contributed by atoms with Crippen molar-refractivity contribution < 1.29 is 9.90 Å². The molecule has 0 radical (unpaired) electrons. The molecule has 1 aliphatic carbocycles. The number of aliphatic hydroxyl groups is 1. The van der Waals surface area contributed by atoms with E-state index in [1.807, 2.05) is 6.92 Å². The van der Waals surface area contributed by atoms with Crippen LogP contribution in [-0.2, 0) is 0 Å². The van der Waals surface area contributed by atoms with E-state index in [9.17, 15) is 9.90 Å². The Bertz CT molecular complexity index is 481. The van der Waals surface area contributed by atoms with Gasteiger partial charge in [0.1, 0.15) is 0 Å². The summed E-state index contributed by atoms with van der Waals surface area (Å²) in [4.78, 5) is 14.0. The lowest BCUT2D eigenvalue weighted by atomic mass is 10.0. The molecule has 0 unspecified atom stereocenters. The van der Waals surface area contributed by atoms with Crippen LogP contribution in [-0.4, -0.2) is 35.1 Å². The van der Waals surface area contributed by atoms with E-state index in [-0.39, 0.29) is 5.91 Å². The van der Waals surface area contributed by atoms with Crippen LogP contribution in [0.25, 0.3) is 0 Å². The van der Waals surface area contributed by atoms with Crippen LogP contribution in [0, 0.1) is 6.92 Å². The average molecular weight is 282 g/mol. The van der Waals surface area contributed by atoms with Gasteiger partial charge in [-0.15, -0.1) is 0 Å². The van der Waals surface area contributed by atoms with Crippen molar-refractivity contribution in [1.82, 2.24) is 4.90 Å². The number of nitrogens with zero attached hydrogens (tertiary/aromatic N) is 1. The summed E-state index contributed by atoms with van der Waals surface area (Å²) < 4.78 is 0. The lowest BCUT2D eigenvalue weighted by Gasteiger charge is -2.29. The van der Waals surface area contributed by atoms with E-state index in [4.69, 9.17) is 11.6 Å². The van der Waals surface area contributed by atoms with Crippen LogP contribution in [0.5, 0.6) is 0 Å². The minimum absolute atomic E-state index is 0.0607. The van der Waals surface area contributed by atoms with E-state index in [1.165, 1.54) is 0 Å². The van der Waals surface area contributed by atoms with Gasteiger partial charge in [0, 0.05) is 24.2 Å². The molecule has 0 aromatic heterocycles. The average Bonchev–Trinajstić information content (AvgIpc) is 2.75. The molecule has 1 aliphatic rings. The van der Waals surface area contributed by atoms with Crippen LogP contribution >= 0.6 is 11.6 Å². The van der Waals surface area contributed by atoms with Crippen molar-refractivity contribution in [3.8, 4) is 0 Å². The van der Waals surface area contributed by atoms with Crippen molar-refractivity contribution in [3.63, 3.8) is 0 Å². The largest absolute Gasteiger partial charge is 0.388 e. The standard InChI is InChI=1S/C15H20ClNO2/c1-11-9-12(16)5-6-13(11)14(18)17(2)10-15(19)7-3-4-8-15/h5-6,9,19H,3-4,7-8,10H2,1-2H3. The molecule has 2 rings (SSSR count).